The molecule has 0 aromatic rings. The van der Waals surface area contributed by atoms with Crippen LogP contribution in [0.1, 0.15) is 51.4 Å². The molecule has 2 aliphatic rings. The summed E-state index contributed by atoms with van der Waals surface area (Å²) >= 11 is 0. The van der Waals surface area contributed by atoms with Gasteiger partial charge in [0, 0.05) is 12.6 Å². The average molecular weight is 262 g/mol. The van der Waals surface area contributed by atoms with Crippen LogP contribution in [-0.4, -0.2) is 35.1 Å². The molecule has 0 aromatic heterocycles. The average Bonchev–Trinajstić information content (AvgIpc) is 2.75. The molecule has 1 heterocycles. The largest absolute Gasteiger partial charge is 0.481 e. The van der Waals surface area contributed by atoms with Gasteiger partial charge in [0.15, 0.2) is 0 Å². The molecule has 0 radical (unpaired) electrons. The summed E-state index contributed by atoms with van der Waals surface area (Å²) in [5.74, 6) is 0.194. The molecule has 0 aromatic carbocycles. The normalized spacial score (nSPS) is 26.7. The lowest BCUT2D eigenvalue weighted by atomic mass is 9.83. The van der Waals surface area contributed by atoms with Crippen LogP contribution in [0.3, 0.4) is 0 Å². The zero-order chi connectivity index (χ0) is 11.4. The monoisotopic (exact) mass is 261 g/mol. The number of hydrogen-bond donors (Lipinski definition) is 1. The molecule has 4 heteroatoms. The van der Waals surface area contributed by atoms with Crippen molar-refractivity contribution in [3.63, 3.8) is 0 Å². The number of nitrogens with zero attached hydrogens (tertiary/aromatic N) is 1. The molecule has 1 aliphatic heterocycles. The van der Waals surface area contributed by atoms with Gasteiger partial charge < -0.3 is 5.11 Å². The molecular formula is C13H24ClNO2. The quantitative estimate of drug-likeness (QED) is 0.846. The predicted octanol–water partition coefficient (Wildman–Crippen LogP) is 2.93. The van der Waals surface area contributed by atoms with E-state index < -0.39 is 5.97 Å². The number of hydrogen-bond acceptors (Lipinski definition) is 2. The van der Waals surface area contributed by atoms with E-state index in [1.807, 2.05) is 0 Å². The van der Waals surface area contributed by atoms with Gasteiger partial charge in [-0.15, -0.1) is 12.4 Å². The Hall–Kier alpha value is -0.280. The fourth-order valence-electron chi connectivity index (χ4n) is 3.42. The predicted molar refractivity (Wildman–Crippen MR) is 70.7 cm³/mol. The van der Waals surface area contributed by atoms with Crippen molar-refractivity contribution in [1.82, 2.24) is 4.90 Å². The summed E-state index contributed by atoms with van der Waals surface area (Å²) in [7, 11) is 0. The minimum Gasteiger partial charge on any atom is -0.481 e. The van der Waals surface area contributed by atoms with Gasteiger partial charge in [-0.05, 0) is 38.1 Å². The second kappa shape index (κ2) is 7.22. The summed E-state index contributed by atoms with van der Waals surface area (Å²) in [4.78, 5) is 13.0. The van der Waals surface area contributed by atoms with Crippen molar-refractivity contribution in [1.29, 1.82) is 0 Å². The molecule has 0 spiro atoms. The molecule has 100 valence electrons. The van der Waals surface area contributed by atoms with Crippen molar-refractivity contribution in [3.05, 3.63) is 0 Å². The Balaban J connectivity index is 0.00000144. The van der Waals surface area contributed by atoms with Crippen molar-refractivity contribution >= 4 is 18.4 Å². The first-order valence-corrected chi connectivity index (χ1v) is 6.73. The lowest BCUT2D eigenvalue weighted by Gasteiger charge is -2.33. The molecule has 2 rings (SSSR count). The molecule has 2 fully saturated rings. The van der Waals surface area contributed by atoms with Crippen molar-refractivity contribution < 1.29 is 9.90 Å². The van der Waals surface area contributed by atoms with Crippen molar-refractivity contribution in [2.24, 2.45) is 5.92 Å². The van der Waals surface area contributed by atoms with Gasteiger partial charge in [-0.1, -0.05) is 19.3 Å². The number of rotatable bonds is 4. The summed E-state index contributed by atoms with van der Waals surface area (Å²) in [6.07, 6.45) is 9.77. The molecule has 1 saturated heterocycles. The molecular weight excluding hydrogens is 238 g/mol. The Kier molecular flexibility index (Phi) is 6.28. The van der Waals surface area contributed by atoms with Crippen LogP contribution in [0.15, 0.2) is 0 Å². The van der Waals surface area contributed by atoms with Crippen LogP contribution in [0.2, 0.25) is 0 Å². The molecule has 17 heavy (non-hydrogen) atoms. The van der Waals surface area contributed by atoms with Crippen LogP contribution < -0.4 is 0 Å². The summed E-state index contributed by atoms with van der Waals surface area (Å²) in [5, 5.41) is 8.74. The highest BCUT2D eigenvalue weighted by Crippen LogP contribution is 2.34. The number of likely N-dealkylation sites (tertiary alicyclic amines) is 1. The molecule has 1 N–H and O–H groups in total. The molecule has 1 atom stereocenters. The van der Waals surface area contributed by atoms with Gasteiger partial charge in [0.05, 0.1) is 6.42 Å². The topological polar surface area (TPSA) is 40.5 Å². The summed E-state index contributed by atoms with van der Waals surface area (Å²) in [6, 6.07) is 0.694. The number of carboxylic acids is 1. The smallest absolute Gasteiger partial charge is 0.304 e. The first-order valence-electron chi connectivity index (χ1n) is 6.73. The minimum absolute atomic E-state index is 0. The van der Waals surface area contributed by atoms with E-state index in [2.05, 4.69) is 4.90 Å². The SMILES string of the molecule is Cl.O=C(O)CCN1CCCC1C1CCCCC1. The van der Waals surface area contributed by atoms with Crippen LogP contribution in [0.5, 0.6) is 0 Å². The van der Waals surface area contributed by atoms with E-state index in [9.17, 15) is 4.79 Å². The summed E-state index contributed by atoms with van der Waals surface area (Å²) in [6.45, 7) is 1.88. The van der Waals surface area contributed by atoms with Crippen molar-refractivity contribution in [2.75, 3.05) is 13.1 Å². The van der Waals surface area contributed by atoms with Crippen LogP contribution in [0.25, 0.3) is 0 Å². The molecule has 1 aliphatic carbocycles. The van der Waals surface area contributed by atoms with Gasteiger partial charge in [0.2, 0.25) is 0 Å². The van der Waals surface area contributed by atoms with E-state index in [1.54, 1.807) is 0 Å². The van der Waals surface area contributed by atoms with E-state index in [1.165, 1.54) is 44.9 Å². The van der Waals surface area contributed by atoms with E-state index in [0.717, 1.165) is 19.0 Å². The zero-order valence-electron chi connectivity index (χ0n) is 10.4. The number of halogens is 1. The Morgan fingerprint density at radius 3 is 2.47 bits per heavy atom. The fraction of sp³-hybridized carbons (Fsp3) is 0.923. The molecule has 0 bridgehead atoms. The lowest BCUT2D eigenvalue weighted by Crippen LogP contribution is -2.37. The Bertz CT molecular complexity index is 242. The molecule has 3 nitrogen and oxygen atoms in total. The zero-order valence-corrected chi connectivity index (χ0v) is 11.3. The summed E-state index contributed by atoms with van der Waals surface area (Å²) in [5.41, 5.74) is 0. The number of carboxylic acid groups (broad SMARTS) is 1. The maximum absolute atomic E-state index is 10.6. The highest BCUT2D eigenvalue weighted by molar-refractivity contribution is 5.85. The van der Waals surface area contributed by atoms with Crippen LogP contribution >= 0.6 is 12.4 Å². The summed E-state index contributed by atoms with van der Waals surface area (Å²) < 4.78 is 0. The van der Waals surface area contributed by atoms with Gasteiger partial charge >= 0.3 is 5.97 Å². The second-order valence-electron chi connectivity index (χ2n) is 5.29. The minimum atomic E-state index is -0.658. The highest BCUT2D eigenvalue weighted by atomic mass is 35.5. The molecule has 1 unspecified atom stereocenters. The van der Waals surface area contributed by atoms with E-state index >= 15 is 0 Å². The van der Waals surface area contributed by atoms with E-state index in [4.69, 9.17) is 5.11 Å². The Morgan fingerprint density at radius 2 is 1.82 bits per heavy atom. The van der Waals surface area contributed by atoms with Crippen molar-refractivity contribution in [2.45, 2.75) is 57.4 Å². The molecule has 0 amide bonds. The van der Waals surface area contributed by atoms with Crippen LogP contribution in [0.4, 0.5) is 0 Å². The maximum Gasteiger partial charge on any atom is 0.304 e. The van der Waals surface area contributed by atoms with Crippen LogP contribution in [-0.2, 0) is 4.79 Å². The van der Waals surface area contributed by atoms with Gasteiger partial charge in [-0.25, -0.2) is 0 Å². The highest BCUT2D eigenvalue weighted by Gasteiger charge is 2.32. The van der Waals surface area contributed by atoms with E-state index in [0.29, 0.717) is 12.5 Å². The second-order valence-corrected chi connectivity index (χ2v) is 5.29. The third-order valence-electron chi connectivity index (χ3n) is 4.22. The number of carbonyl (C=O) groups is 1. The Labute approximate surface area is 110 Å². The lowest BCUT2D eigenvalue weighted by molar-refractivity contribution is -0.137. The first-order chi connectivity index (χ1) is 7.77. The van der Waals surface area contributed by atoms with E-state index in [-0.39, 0.29) is 12.4 Å². The van der Waals surface area contributed by atoms with Gasteiger partial charge in [0.25, 0.3) is 0 Å². The van der Waals surface area contributed by atoms with Crippen LogP contribution in [0, 0.1) is 5.92 Å². The van der Waals surface area contributed by atoms with Crippen molar-refractivity contribution in [3.8, 4) is 0 Å². The third kappa shape index (κ3) is 4.14. The molecule has 1 saturated carbocycles. The first kappa shape index (κ1) is 14.8. The standard InChI is InChI=1S/C13H23NO2.ClH/c15-13(16)8-10-14-9-4-7-12(14)11-5-2-1-3-6-11;/h11-12H,1-10H2,(H,15,16);1H. The third-order valence-corrected chi connectivity index (χ3v) is 4.22. The van der Waals surface area contributed by atoms with Gasteiger partial charge in [-0.2, -0.15) is 0 Å². The van der Waals surface area contributed by atoms with Gasteiger partial charge in [-0.3, -0.25) is 9.69 Å². The van der Waals surface area contributed by atoms with Gasteiger partial charge in [0.1, 0.15) is 0 Å². The number of aliphatic carboxylic acids is 1. The maximum atomic E-state index is 10.6. The Morgan fingerprint density at radius 1 is 1.12 bits per heavy atom. The fourth-order valence-corrected chi connectivity index (χ4v) is 3.42.